The van der Waals surface area contributed by atoms with Crippen molar-refractivity contribution in [2.75, 3.05) is 7.05 Å². The first-order valence-electron chi connectivity index (χ1n) is 4.15. The number of hydrogen-bond donors (Lipinski definition) is 1. The summed E-state index contributed by atoms with van der Waals surface area (Å²) in [4.78, 5) is 1.59. The van der Waals surface area contributed by atoms with Gasteiger partial charge >= 0.3 is 0 Å². The Morgan fingerprint density at radius 3 is 3.17 bits per heavy atom. The van der Waals surface area contributed by atoms with Gasteiger partial charge < -0.3 is 5.32 Å². The number of hydrogen-bond acceptors (Lipinski definition) is 2. The van der Waals surface area contributed by atoms with Crippen LogP contribution in [-0.2, 0) is 6.42 Å². The summed E-state index contributed by atoms with van der Waals surface area (Å²) in [7, 11) is 2.05. The molecule has 1 aliphatic carbocycles. The second-order valence-corrected chi connectivity index (χ2v) is 4.03. The SMILES string of the molecule is CNC1CCCc2sccc21.Cl. The van der Waals surface area contributed by atoms with E-state index in [1.165, 1.54) is 19.3 Å². The lowest BCUT2D eigenvalue weighted by Gasteiger charge is -2.21. The van der Waals surface area contributed by atoms with Gasteiger partial charge in [-0.05, 0) is 43.3 Å². The normalized spacial score (nSPS) is 21.2. The Hall–Kier alpha value is -0.0500. The van der Waals surface area contributed by atoms with Gasteiger partial charge in [0.2, 0.25) is 0 Å². The van der Waals surface area contributed by atoms with Gasteiger partial charge in [-0.3, -0.25) is 0 Å². The number of nitrogens with one attached hydrogen (secondary N) is 1. The van der Waals surface area contributed by atoms with E-state index in [1.54, 1.807) is 10.4 Å². The van der Waals surface area contributed by atoms with Crippen LogP contribution in [0.25, 0.3) is 0 Å². The second-order valence-electron chi connectivity index (χ2n) is 3.03. The van der Waals surface area contributed by atoms with Crippen molar-refractivity contribution in [1.82, 2.24) is 5.32 Å². The molecule has 0 aromatic carbocycles. The molecule has 0 saturated carbocycles. The number of rotatable bonds is 1. The molecule has 68 valence electrons. The van der Waals surface area contributed by atoms with Gasteiger partial charge in [-0.15, -0.1) is 23.7 Å². The van der Waals surface area contributed by atoms with Crippen LogP contribution in [0.3, 0.4) is 0 Å². The minimum Gasteiger partial charge on any atom is -0.313 e. The van der Waals surface area contributed by atoms with E-state index in [4.69, 9.17) is 0 Å². The molecular formula is C9H14ClNS. The van der Waals surface area contributed by atoms with Gasteiger partial charge in [-0.25, -0.2) is 0 Å². The number of halogens is 1. The predicted octanol–water partition coefficient (Wildman–Crippen LogP) is 2.77. The summed E-state index contributed by atoms with van der Waals surface area (Å²) in [6.45, 7) is 0. The lowest BCUT2D eigenvalue weighted by atomic mass is 9.94. The van der Waals surface area contributed by atoms with E-state index in [-0.39, 0.29) is 12.4 Å². The summed E-state index contributed by atoms with van der Waals surface area (Å²) in [6, 6.07) is 2.89. The Labute approximate surface area is 83.6 Å². The van der Waals surface area contributed by atoms with E-state index in [9.17, 15) is 0 Å². The van der Waals surface area contributed by atoms with Crippen molar-refractivity contribution in [3.8, 4) is 0 Å². The molecule has 1 aromatic heterocycles. The average molecular weight is 204 g/mol. The molecule has 1 unspecified atom stereocenters. The molecule has 0 spiro atoms. The van der Waals surface area contributed by atoms with E-state index < -0.39 is 0 Å². The molecule has 0 bridgehead atoms. The topological polar surface area (TPSA) is 12.0 Å². The van der Waals surface area contributed by atoms with Crippen LogP contribution in [-0.4, -0.2) is 7.05 Å². The van der Waals surface area contributed by atoms with Crippen molar-refractivity contribution >= 4 is 23.7 Å². The number of aryl methyl sites for hydroxylation is 1. The van der Waals surface area contributed by atoms with Crippen LogP contribution in [0.5, 0.6) is 0 Å². The fourth-order valence-electron chi connectivity index (χ4n) is 1.79. The van der Waals surface area contributed by atoms with E-state index in [1.807, 2.05) is 11.3 Å². The zero-order valence-corrected chi connectivity index (χ0v) is 8.80. The molecule has 0 amide bonds. The molecule has 1 aliphatic rings. The third kappa shape index (κ3) is 1.65. The van der Waals surface area contributed by atoms with Crippen molar-refractivity contribution in [2.45, 2.75) is 25.3 Å². The standard InChI is InChI=1S/C9H13NS.ClH/c1-10-8-3-2-4-9-7(8)5-6-11-9;/h5-6,8,10H,2-4H2,1H3;1H. The fraction of sp³-hybridized carbons (Fsp3) is 0.556. The Bertz CT molecular complexity index is 246. The third-order valence-corrected chi connectivity index (χ3v) is 3.40. The Balaban J connectivity index is 0.000000720. The van der Waals surface area contributed by atoms with Crippen LogP contribution in [0.1, 0.15) is 29.3 Å². The maximum Gasteiger partial charge on any atom is 0.0328 e. The summed E-state index contributed by atoms with van der Waals surface area (Å²) >= 11 is 1.90. The van der Waals surface area contributed by atoms with Gasteiger partial charge in [0.25, 0.3) is 0 Å². The molecule has 0 fully saturated rings. The predicted molar refractivity (Wildman–Crippen MR) is 56.3 cm³/mol. The second kappa shape index (κ2) is 4.26. The Morgan fingerprint density at radius 2 is 2.42 bits per heavy atom. The van der Waals surface area contributed by atoms with Crippen LogP contribution in [0, 0.1) is 0 Å². The number of fused-ring (bicyclic) bond motifs is 1. The molecule has 1 aromatic rings. The Kier molecular flexibility index (Phi) is 3.56. The molecule has 12 heavy (non-hydrogen) atoms. The average Bonchev–Trinajstić information content (AvgIpc) is 2.50. The van der Waals surface area contributed by atoms with Crippen LogP contribution in [0.4, 0.5) is 0 Å². The minimum absolute atomic E-state index is 0. The highest BCUT2D eigenvalue weighted by Gasteiger charge is 2.18. The summed E-state index contributed by atoms with van der Waals surface area (Å²) in [5, 5.41) is 5.56. The summed E-state index contributed by atoms with van der Waals surface area (Å²) in [5.74, 6) is 0. The molecule has 1 nitrogen and oxygen atoms in total. The number of thiophene rings is 1. The maximum atomic E-state index is 3.35. The first-order valence-corrected chi connectivity index (χ1v) is 5.03. The molecular weight excluding hydrogens is 190 g/mol. The van der Waals surface area contributed by atoms with Crippen molar-refractivity contribution in [2.24, 2.45) is 0 Å². The van der Waals surface area contributed by atoms with Crippen molar-refractivity contribution in [3.05, 3.63) is 21.9 Å². The molecule has 2 rings (SSSR count). The summed E-state index contributed by atoms with van der Waals surface area (Å²) < 4.78 is 0. The smallest absolute Gasteiger partial charge is 0.0328 e. The highest BCUT2D eigenvalue weighted by molar-refractivity contribution is 7.10. The zero-order chi connectivity index (χ0) is 7.68. The van der Waals surface area contributed by atoms with Crippen molar-refractivity contribution in [3.63, 3.8) is 0 Å². The van der Waals surface area contributed by atoms with Gasteiger partial charge in [0.15, 0.2) is 0 Å². The van der Waals surface area contributed by atoms with E-state index in [0.717, 1.165) is 0 Å². The largest absolute Gasteiger partial charge is 0.313 e. The Morgan fingerprint density at radius 1 is 1.58 bits per heavy atom. The molecule has 0 radical (unpaired) electrons. The van der Waals surface area contributed by atoms with E-state index >= 15 is 0 Å². The van der Waals surface area contributed by atoms with Crippen molar-refractivity contribution in [1.29, 1.82) is 0 Å². The molecule has 1 heterocycles. The molecule has 0 saturated heterocycles. The zero-order valence-electron chi connectivity index (χ0n) is 7.17. The lowest BCUT2D eigenvalue weighted by Crippen LogP contribution is -2.19. The maximum absolute atomic E-state index is 3.35. The third-order valence-electron chi connectivity index (χ3n) is 2.40. The molecule has 3 heteroatoms. The first-order chi connectivity index (χ1) is 5.42. The fourth-order valence-corrected chi connectivity index (χ4v) is 2.77. The van der Waals surface area contributed by atoms with E-state index in [0.29, 0.717) is 6.04 Å². The minimum atomic E-state index is 0. The molecule has 1 N–H and O–H groups in total. The van der Waals surface area contributed by atoms with Gasteiger partial charge in [0, 0.05) is 10.9 Å². The van der Waals surface area contributed by atoms with Gasteiger partial charge in [-0.1, -0.05) is 0 Å². The monoisotopic (exact) mass is 203 g/mol. The van der Waals surface area contributed by atoms with Crippen LogP contribution < -0.4 is 5.32 Å². The highest BCUT2D eigenvalue weighted by atomic mass is 35.5. The van der Waals surface area contributed by atoms with Crippen LogP contribution in [0.2, 0.25) is 0 Å². The van der Waals surface area contributed by atoms with Gasteiger partial charge in [0.1, 0.15) is 0 Å². The first kappa shape index (κ1) is 10.0. The highest BCUT2D eigenvalue weighted by Crippen LogP contribution is 2.32. The summed E-state index contributed by atoms with van der Waals surface area (Å²) in [5.41, 5.74) is 1.55. The van der Waals surface area contributed by atoms with Gasteiger partial charge in [0.05, 0.1) is 0 Å². The molecule has 0 aliphatic heterocycles. The van der Waals surface area contributed by atoms with Crippen LogP contribution in [0.15, 0.2) is 11.4 Å². The van der Waals surface area contributed by atoms with E-state index in [2.05, 4.69) is 23.8 Å². The summed E-state index contributed by atoms with van der Waals surface area (Å²) in [6.07, 6.45) is 3.95. The quantitative estimate of drug-likeness (QED) is 0.740. The van der Waals surface area contributed by atoms with Crippen LogP contribution >= 0.6 is 23.7 Å². The lowest BCUT2D eigenvalue weighted by molar-refractivity contribution is 0.502. The van der Waals surface area contributed by atoms with Crippen molar-refractivity contribution < 1.29 is 0 Å². The molecule has 1 atom stereocenters. The van der Waals surface area contributed by atoms with Gasteiger partial charge in [-0.2, -0.15) is 0 Å².